The Balaban J connectivity index is 1.82. The van der Waals surface area contributed by atoms with Gasteiger partial charge in [0.25, 0.3) is 0 Å². The van der Waals surface area contributed by atoms with Gasteiger partial charge >= 0.3 is 0 Å². The number of hydrogen-bond donors (Lipinski definition) is 2. The highest BCUT2D eigenvalue weighted by Gasteiger charge is 2.02. The fraction of sp³-hybridized carbons (Fsp3) is 0.462. The molecule has 0 aliphatic carbocycles. The van der Waals surface area contributed by atoms with E-state index in [-0.39, 0.29) is 0 Å². The van der Waals surface area contributed by atoms with E-state index in [1.54, 1.807) is 6.92 Å². The Hall–Kier alpha value is -2.31. The van der Waals surface area contributed by atoms with Gasteiger partial charge in [0, 0.05) is 39.0 Å². The summed E-state index contributed by atoms with van der Waals surface area (Å²) in [6.45, 7) is 6.68. The lowest BCUT2D eigenvalue weighted by molar-refractivity contribution is 0.387. The zero-order chi connectivity index (χ0) is 14.2. The van der Waals surface area contributed by atoms with Gasteiger partial charge in [0.05, 0.1) is 0 Å². The molecule has 108 valence electrons. The molecule has 0 radical (unpaired) electrons. The molecule has 2 aromatic rings. The lowest BCUT2D eigenvalue weighted by atomic mass is 10.5. The zero-order valence-electron chi connectivity index (χ0n) is 11.8. The van der Waals surface area contributed by atoms with Gasteiger partial charge in [-0.15, -0.1) is 0 Å². The normalized spacial score (nSPS) is 11.6. The van der Waals surface area contributed by atoms with Crippen LogP contribution in [0.2, 0.25) is 0 Å². The van der Waals surface area contributed by atoms with Crippen molar-refractivity contribution in [2.75, 3.05) is 13.1 Å². The molecule has 7 heteroatoms. The number of aryl methyl sites for hydroxylation is 1. The van der Waals surface area contributed by atoms with E-state index in [0.717, 1.165) is 25.6 Å². The molecule has 0 unspecified atom stereocenters. The number of nitrogens with zero attached hydrogens (tertiary/aromatic N) is 4. The van der Waals surface area contributed by atoms with Crippen molar-refractivity contribution in [3.63, 3.8) is 0 Å². The van der Waals surface area contributed by atoms with Crippen LogP contribution >= 0.6 is 0 Å². The molecule has 2 rings (SSSR count). The van der Waals surface area contributed by atoms with E-state index in [2.05, 4.69) is 30.3 Å². The average Bonchev–Trinajstić information content (AvgIpc) is 3.07. The minimum absolute atomic E-state index is 0.399. The van der Waals surface area contributed by atoms with E-state index < -0.39 is 0 Å². The van der Waals surface area contributed by atoms with Gasteiger partial charge in [-0.05, 0) is 19.1 Å². The molecule has 0 aliphatic heterocycles. The van der Waals surface area contributed by atoms with Crippen LogP contribution in [0, 0.1) is 6.92 Å². The van der Waals surface area contributed by atoms with E-state index in [4.69, 9.17) is 4.52 Å². The zero-order valence-corrected chi connectivity index (χ0v) is 11.8. The number of guanidine groups is 1. The maximum absolute atomic E-state index is 4.91. The van der Waals surface area contributed by atoms with Gasteiger partial charge in [0.1, 0.15) is 6.54 Å². The van der Waals surface area contributed by atoms with Gasteiger partial charge in [-0.25, -0.2) is 4.99 Å². The molecule has 2 N–H and O–H groups in total. The number of aliphatic imine (C=N–C) groups is 1. The van der Waals surface area contributed by atoms with Crippen molar-refractivity contribution in [3.05, 3.63) is 36.2 Å². The maximum Gasteiger partial charge on any atom is 0.223 e. The molecule has 0 spiro atoms. The third-order valence-corrected chi connectivity index (χ3v) is 2.62. The molecule has 0 saturated carbocycles. The summed E-state index contributed by atoms with van der Waals surface area (Å²) in [4.78, 5) is 8.54. The minimum Gasteiger partial charge on any atom is -0.357 e. The fourth-order valence-electron chi connectivity index (χ4n) is 1.72. The van der Waals surface area contributed by atoms with Crippen LogP contribution in [0.25, 0.3) is 0 Å². The molecule has 0 saturated heterocycles. The number of hydrogen-bond acceptors (Lipinski definition) is 4. The second-order valence-electron chi connectivity index (χ2n) is 4.27. The molecular formula is C13H20N6O. The summed E-state index contributed by atoms with van der Waals surface area (Å²) in [5.74, 6) is 1.90. The Morgan fingerprint density at radius 3 is 2.80 bits per heavy atom. The smallest absolute Gasteiger partial charge is 0.223 e. The summed E-state index contributed by atoms with van der Waals surface area (Å²) < 4.78 is 7.02. The van der Waals surface area contributed by atoms with Crippen molar-refractivity contribution in [2.45, 2.75) is 26.9 Å². The second-order valence-corrected chi connectivity index (χ2v) is 4.27. The van der Waals surface area contributed by atoms with Crippen LogP contribution in [-0.4, -0.2) is 33.8 Å². The van der Waals surface area contributed by atoms with Crippen molar-refractivity contribution in [3.8, 4) is 0 Å². The SMILES string of the molecule is CCNC(=NCc1noc(C)n1)NCCn1cccc1. The predicted molar refractivity (Wildman–Crippen MR) is 76.3 cm³/mol. The number of rotatable bonds is 6. The summed E-state index contributed by atoms with van der Waals surface area (Å²) in [6, 6.07) is 4.02. The highest BCUT2D eigenvalue weighted by atomic mass is 16.5. The van der Waals surface area contributed by atoms with Crippen LogP contribution in [0.3, 0.4) is 0 Å². The van der Waals surface area contributed by atoms with E-state index in [9.17, 15) is 0 Å². The highest BCUT2D eigenvalue weighted by Crippen LogP contribution is 1.96. The molecule has 2 heterocycles. The molecular weight excluding hydrogens is 256 g/mol. The van der Waals surface area contributed by atoms with Crippen LogP contribution in [0.4, 0.5) is 0 Å². The molecule has 20 heavy (non-hydrogen) atoms. The van der Waals surface area contributed by atoms with Crippen molar-refractivity contribution in [1.82, 2.24) is 25.3 Å². The quantitative estimate of drug-likeness (QED) is 0.606. The van der Waals surface area contributed by atoms with Gasteiger partial charge in [-0.3, -0.25) is 0 Å². The van der Waals surface area contributed by atoms with Gasteiger partial charge in [-0.1, -0.05) is 5.16 Å². The van der Waals surface area contributed by atoms with Crippen LogP contribution in [0.5, 0.6) is 0 Å². The summed E-state index contributed by atoms with van der Waals surface area (Å²) in [7, 11) is 0. The topological polar surface area (TPSA) is 80.3 Å². The standard InChI is InChI=1S/C13H20N6O/c1-3-14-13(15-6-9-19-7-4-5-8-19)16-10-12-17-11(2)20-18-12/h4-5,7-8H,3,6,9-10H2,1-2H3,(H2,14,15,16). The summed E-state index contributed by atoms with van der Waals surface area (Å²) >= 11 is 0. The van der Waals surface area contributed by atoms with E-state index >= 15 is 0 Å². The average molecular weight is 276 g/mol. The van der Waals surface area contributed by atoms with Crippen LogP contribution < -0.4 is 10.6 Å². The van der Waals surface area contributed by atoms with Crippen molar-refractivity contribution in [2.24, 2.45) is 4.99 Å². The summed E-state index contributed by atoms with van der Waals surface area (Å²) in [6.07, 6.45) is 4.07. The highest BCUT2D eigenvalue weighted by molar-refractivity contribution is 5.79. The third-order valence-electron chi connectivity index (χ3n) is 2.62. The van der Waals surface area contributed by atoms with Crippen LogP contribution in [0.15, 0.2) is 34.0 Å². The first-order chi connectivity index (χ1) is 9.78. The van der Waals surface area contributed by atoms with Crippen molar-refractivity contribution in [1.29, 1.82) is 0 Å². The monoisotopic (exact) mass is 276 g/mol. The fourth-order valence-corrected chi connectivity index (χ4v) is 1.72. The van der Waals surface area contributed by atoms with Crippen molar-refractivity contribution >= 4 is 5.96 Å². The first-order valence-corrected chi connectivity index (χ1v) is 6.70. The van der Waals surface area contributed by atoms with Gasteiger partial charge < -0.3 is 19.7 Å². The van der Waals surface area contributed by atoms with Gasteiger partial charge in [0.2, 0.25) is 5.89 Å². The molecule has 2 aromatic heterocycles. The maximum atomic E-state index is 4.91. The lowest BCUT2D eigenvalue weighted by Gasteiger charge is -2.11. The Morgan fingerprint density at radius 2 is 2.15 bits per heavy atom. The molecule has 7 nitrogen and oxygen atoms in total. The first kappa shape index (κ1) is 14.1. The summed E-state index contributed by atoms with van der Waals surface area (Å²) in [5, 5.41) is 10.3. The molecule has 0 fully saturated rings. The minimum atomic E-state index is 0.399. The van der Waals surface area contributed by atoms with E-state index in [1.807, 2.05) is 31.5 Å². The van der Waals surface area contributed by atoms with E-state index in [0.29, 0.717) is 18.3 Å². The lowest BCUT2D eigenvalue weighted by Crippen LogP contribution is -2.38. The van der Waals surface area contributed by atoms with Crippen LogP contribution in [-0.2, 0) is 13.1 Å². The summed E-state index contributed by atoms with van der Waals surface area (Å²) in [5.41, 5.74) is 0. The Labute approximate surface area is 118 Å². The Kier molecular flexibility index (Phi) is 5.16. The number of nitrogens with one attached hydrogen (secondary N) is 2. The van der Waals surface area contributed by atoms with Crippen LogP contribution in [0.1, 0.15) is 18.6 Å². The van der Waals surface area contributed by atoms with E-state index in [1.165, 1.54) is 0 Å². The Bertz CT molecular complexity index is 531. The van der Waals surface area contributed by atoms with Gasteiger partial charge in [0.15, 0.2) is 11.8 Å². The predicted octanol–water partition coefficient (Wildman–Crippen LogP) is 0.935. The molecule has 0 bridgehead atoms. The third kappa shape index (κ3) is 4.42. The van der Waals surface area contributed by atoms with Gasteiger partial charge in [-0.2, -0.15) is 4.98 Å². The molecule has 0 aromatic carbocycles. The van der Waals surface area contributed by atoms with Crippen molar-refractivity contribution < 1.29 is 4.52 Å². The Morgan fingerprint density at radius 1 is 1.35 bits per heavy atom. The first-order valence-electron chi connectivity index (χ1n) is 6.70. The molecule has 0 aliphatic rings. The largest absolute Gasteiger partial charge is 0.357 e. The number of aromatic nitrogens is 3. The molecule has 0 atom stereocenters. The molecule has 0 amide bonds. The second kappa shape index (κ2) is 7.32.